The zero-order chi connectivity index (χ0) is 14.4. The predicted octanol–water partition coefficient (Wildman–Crippen LogP) is 2.60. The number of hydrogen-bond donors (Lipinski definition) is 1. The molecule has 1 aromatic rings. The van der Waals surface area contributed by atoms with Gasteiger partial charge in [-0.05, 0) is 59.8 Å². The largest absolute Gasteiger partial charge is 0.383 e. The van der Waals surface area contributed by atoms with Crippen molar-refractivity contribution in [1.82, 2.24) is 10.3 Å². The molecule has 5 heteroatoms. The van der Waals surface area contributed by atoms with Gasteiger partial charge in [0.1, 0.15) is 5.82 Å². The fraction of sp³-hybridized carbons (Fsp3) is 0.667. The first-order valence-electron chi connectivity index (χ1n) is 7.28. The minimum Gasteiger partial charge on any atom is -0.383 e. The minimum absolute atomic E-state index is 0.690. The van der Waals surface area contributed by atoms with E-state index in [-0.39, 0.29) is 0 Å². The van der Waals surface area contributed by atoms with Crippen molar-refractivity contribution in [2.24, 2.45) is 5.92 Å². The second kappa shape index (κ2) is 7.96. The maximum atomic E-state index is 5.06. The lowest BCUT2D eigenvalue weighted by molar-refractivity contribution is 0.197. The van der Waals surface area contributed by atoms with E-state index < -0.39 is 0 Å². The Kier molecular flexibility index (Phi) is 6.26. The number of anilines is 1. The molecule has 0 aromatic carbocycles. The van der Waals surface area contributed by atoms with Crippen molar-refractivity contribution in [3.05, 3.63) is 22.3 Å². The SMILES string of the molecule is COCCNCC1CCCN(c2nccc(C)c2Br)C1. The molecule has 0 aliphatic carbocycles. The number of aryl methyl sites for hydroxylation is 1. The Morgan fingerprint density at radius 1 is 1.55 bits per heavy atom. The highest BCUT2D eigenvalue weighted by Crippen LogP contribution is 2.30. The molecular weight excluding hydrogens is 318 g/mol. The number of methoxy groups -OCH3 is 1. The number of nitrogens with zero attached hydrogens (tertiary/aromatic N) is 2. The van der Waals surface area contributed by atoms with Crippen molar-refractivity contribution < 1.29 is 4.74 Å². The molecule has 0 radical (unpaired) electrons. The van der Waals surface area contributed by atoms with E-state index in [1.54, 1.807) is 7.11 Å². The molecule has 0 bridgehead atoms. The summed E-state index contributed by atoms with van der Waals surface area (Å²) in [6.07, 6.45) is 4.43. The van der Waals surface area contributed by atoms with Crippen LogP contribution in [0, 0.1) is 12.8 Å². The van der Waals surface area contributed by atoms with E-state index in [2.05, 4.69) is 38.1 Å². The molecule has 2 rings (SSSR count). The quantitative estimate of drug-likeness (QED) is 0.807. The van der Waals surface area contributed by atoms with Gasteiger partial charge >= 0.3 is 0 Å². The van der Waals surface area contributed by atoms with Crippen LogP contribution < -0.4 is 10.2 Å². The van der Waals surface area contributed by atoms with Crippen LogP contribution in [-0.4, -0.2) is 44.9 Å². The third-order valence-corrected chi connectivity index (χ3v) is 4.78. The molecule has 0 amide bonds. The number of aromatic nitrogens is 1. The third-order valence-electron chi connectivity index (χ3n) is 3.80. The predicted molar refractivity (Wildman–Crippen MR) is 86.4 cm³/mol. The van der Waals surface area contributed by atoms with Gasteiger partial charge in [-0.2, -0.15) is 0 Å². The summed E-state index contributed by atoms with van der Waals surface area (Å²) in [4.78, 5) is 6.95. The van der Waals surface area contributed by atoms with Gasteiger partial charge in [0.05, 0.1) is 11.1 Å². The van der Waals surface area contributed by atoms with Crippen LogP contribution in [0.4, 0.5) is 5.82 Å². The van der Waals surface area contributed by atoms with Crippen LogP contribution in [0.2, 0.25) is 0 Å². The normalized spacial score (nSPS) is 19.4. The van der Waals surface area contributed by atoms with Crippen LogP contribution >= 0.6 is 15.9 Å². The molecule has 1 fully saturated rings. The zero-order valence-electron chi connectivity index (χ0n) is 12.4. The van der Waals surface area contributed by atoms with Crippen LogP contribution in [0.15, 0.2) is 16.7 Å². The number of rotatable bonds is 6. The van der Waals surface area contributed by atoms with Crippen LogP contribution in [-0.2, 0) is 4.74 Å². The Morgan fingerprint density at radius 2 is 2.40 bits per heavy atom. The van der Waals surface area contributed by atoms with Crippen molar-refractivity contribution in [3.63, 3.8) is 0 Å². The number of hydrogen-bond acceptors (Lipinski definition) is 4. The molecule has 112 valence electrons. The molecule has 1 unspecified atom stereocenters. The second-order valence-electron chi connectivity index (χ2n) is 5.42. The fourth-order valence-corrected chi connectivity index (χ4v) is 3.14. The molecule has 1 saturated heterocycles. The molecule has 1 aliphatic rings. The second-order valence-corrected chi connectivity index (χ2v) is 6.21. The van der Waals surface area contributed by atoms with Gasteiger partial charge in [0.15, 0.2) is 0 Å². The Morgan fingerprint density at radius 3 is 3.20 bits per heavy atom. The van der Waals surface area contributed by atoms with Gasteiger partial charge in [-0.15, -0.1) is 0 Å². The molecule has 1 N–H and O–H groups in total. The molecule has 2 heterocycles. The van der Waals surface area contributed by atoms with Gasteiger partial charge in [-0.1, -0.05) is 0 Å². The Hall–Kier alpha value is -0.650. The van der Waals surface area contributed by atoms with Gasteiger partial charge in [0.2, 0.25) is 0 Å². The lowest BCUT2D eigenvalue weighted by atomic mass is 9.98. The molecule has 1 aliphatic heterocycles. The summed E-state index contributed by atoms with van der Waals surface area (Å²) in [5.41, 5.74) is 1.25. The molecular formula is C15H24BrN3O. The van der Waals surface area contributed by atoms with Gasteiger partial charge in [0, 0.05) is 32.9 Å². The maximum Gasteiger partial charge on any atom is 0.143 e. The first kappa shape index (κ1) is 15.7. The monoisotopic (exact) mass is 341 g/mol. The van der Waals surface area contributed by atoms with Crippen molar-refractivity contribution >= 4 is 21.7 Å². The van der Waals surface area contributed by atoms with Crippen molar-refractivity contribution in [1.29, 1.82) is 0 Å². The van der Waals surface area contributed by atoms with Gasteiger partial charge in [0.25, 0.3) is 0 Å². The van der Waals surface area contributed by atoms with Crippen LogP contribution in [0.1, 0.15) is 18.4 Å². The zero-order valence-corrected chi connectivity index (χ0v) is 13.9. The lowest BCUT2D eigenvalue weighted by Crippen LogP contribution is -2.40. The van der Waals surface area contributed by atoms with Gasteiger partial charge in [-0.25, -0.2) is 4.98 Å². The van der Waals surface area contributed by atoms with Crippen LogP contribution in [0.3, 0.4) is 0 Å². The minimum atomic E-state index is 0.690. The average molecular weight is 342 g/mol. The molecule has 1 aromatic heterocycles. The number of nitrogens with one attached hydrogen (secondary N) is 1. The summed E-state index contributed by atoms with van der Waals surface area (Å²) in [6, 6.07) is 2.04. The molecule has 20 heavy (non-hydrogen) atoms. The highest BCUT2D eigenvalue weighted by Gasteiger charge is 2.22. The highest BCUT2D eigenvalue weighted by molar-refractivity contribution is 9.10. The highest BCUT2D eigenvalue weighted by atomic mass is 79.9. The van der Waals surface area contributed by atoms with Crippen molar-refractivity contribution in [3.8, 4) is 0 Å². The summed E-state index contributed by atoms with van der Waals surface area (Å²) in [5.74, 6) is 1.78. The van der Waals surface area contributed by atoms with Gasteiger partial charge in [-0.3, -0.25) is 0 Å². The number of halogens is 1. The standard InChI is InChI=1S/C15H24BrN3O/c1-12-5-6-18-15(14(12)16)19-8-3-4-13(11-19)10-17-7-9-20-2/h5-6,13,17H,3-4,7-11H2,1-2H3. The fourth-order valence-electron chi connectivity index (χ4n) is 2.65. The Balaban J connectivity index is 1.91. The maximum absolute atomic E-state index is 5.06. The number of pyridine rings is 1. The van der Waals surface area contributed by atoms with Gasteiger partial charge < -0.3 is 15.0 Å². The first-order chi connectivity index (χ1) is 9.72. The van der Waals surface area contributed by atoms with E-state index in [9.17, 15) is 0 Å². The number of ether oxygens (including phenoxy) is 1. The third kappa shape index (κ3) is 4.17. The smallest absolute Gasteiger partial charge is 0.143 e. The molecule has 0 saturated carbocycles. The summed E-state index contributed by atoms with van der Waals surface area (Å²) in [5, 5.41) is 3.47. The Bertz CT molecular complexity index is 428. The van der Waals surface area contributed by atoms with E-state index in [1.165, 1.54) is 18.4 Å². The van der Waals surface area contributed by atoms with E-state index in [1.807, 2.05) is 12.3 Å². The summed E-state index contributed by atoms with van der Waals surface area (Å²) in [7, 11) is 1.74. The lowest BCUT2D eigenvalue weighted by Gasteiger charge is -2.34. The Labute approximate surface area is 130 Å². The van der Waals surface area contributed by atoms with E-state index in [0.29, 0.717) is 5.92 Å². The average Bonchev–Trinajstić information content (AvgIpc) is 2.47. The van der Waals surface area contributed by atoms with Crippen LogP contribution in [0.5, 0.6) is 0 Å². The molecule has 1 atom stereocenters. The first-order valence-corrected chi connectivity index (χ1v) is 8.07. The van der Waals surface area contributed by atoms with Crippen molar-refractivity contribution in [2.75, 3.05) is 44.8 Å². The van der Waals surface area contributed by atoms with E-state index in [4.69, 9.17) is 4.74 Å². The summed E-state index contributed by atoms with van der Waals surface area (Å²) < 4.78 is 6.19. The molecule has 4 nitrogen and oxygen atoms in total. The summed E-state index contributed by atoms with van der Waals surface area (Å²) >= 11 is 3.67. The number of piperidine rings is 1. The topological polar surface area (TPSA) is 37.4 Å². The van der Waals surface area contributed by atoms with Crippen molar-refractivity contribution in [2.45, 2.75) is 19.8 Å². The van der Waals surface area contributed by atoms with Crippen LogP contribution in [0.25, 0.3) is 0 Å². The van der Waals surface area contributed by atoms with E-state index in [0.717, 1.165) is 43.1 Å². The van der Waals surface area contributed by atoms with E-state index >= 15 is 0 Å². The summed E-state index contributed by atoms with van der Waals surface area (Å²) in [6.45, 7) is 7.06. The molecule has 0 spiro atoms.